The minimum absolute atomic E-state index is 0.00983. The highest BCUT2D eigenvalue weighted by atomic mass is 16.5. The monoisotopic (exact) mass is 440 g/mol. The van der Waals surface area contributed by atoms with Crippen LogP contribution < -0.4 is 10.1 Å². The van der Waals surface area contributed by atoms with E-state index in [2.05, 4.69) is 15.5 Å². The van der Waals surface area contributed by atoms with Gasteiger partial charge in [0, 0.05) is 37.9 Å². The van der Waals surface area contributed by atoms with E-state index < -0.39 is 12.2 Å². The number of hydrogen-bond acceptors (Lipinski definition) is 6. The Morgan fingerprint density at radius 2 is 2.00 bits per heavy atom. The van der Waals surface area contributed by atoms with Gasteiger partial charge in [-0.15, -0.1) is 0 Å². The van der Waals surface area contributed by atoms with Crippen LogP contribution in [0.25, 0.3) is 16.8 Å². The molecule has 11 heteroatoms. The molecule has 1 aliphatic carbocycles. The summed E-state index contributed by atoms with van der Waals surface area (Å²) in [6.07, 6.45) is 3.49. The van der Waals surface area contributed by atoms with Crippen LogP contribution in [-0.2, 0) is 16.6 Å². The number of amides is 2. The van der Waals surface area contributed by atoms with Crippen LogP contribution in [0.4, 0.5) is 10.6 Å². The van der Waals surface area contributed by atoms with E-state index in [0.717, 1.165) is 29.6 Å². The second kappa shape index (κ2) is 7.83. The Morgan fingerprint density at radius 1 is 1.22 bits per heavy atom. The van der Waals surface area contributed by atoms with Gasteiger partial charge in [0.05, 0.1) is 24.8 Å². The van der Waals surface area contributed by atoms with Gasteiger partial charge in [0.25, 0.3) is 0 Å². The first-order valence-corrected chi connectivity index (χ1v) is 10.4. The number of methoxy groups -OCH3 is 1. The average molecular weight is 440 g/mol. The first-order valence-electron chi connectivity index (χ1n) is 10.4. The van der Waals surface area contributed by atoms with E-state index in [1.54, 1.807) is 22.5 Å². The molecule has 3 aromatic rings. The lowest BCUT2D eigenvalue weighted by atomic mass is 10.1. The summed E-state index contributed by atoms with van der Waals surface area (Å²) in [5.41, 5.74) is 2.42. The molecule has 2 aliphatic rings. The Bertz CT molecular complexity index is 1180. The number of carbonyl (C=O) groups excluding carboxylic acids is 1. The summed E-state index contributed by atoms with van der Waals surface area (Å²) in [5.74, 6) is 1.17. The number of aryl methyl sites for hydroxylation is 1. The Labute approximate surface area is 183 Å². The number of anilines is 1. The molecular formula is C21H24N6O5. The number of carbonyl (C=O) groups is 2. The van der Waals surface area contributed by atoms with Crippen LogP contribution in [0.1, 0.15) is 12.8 Å². The van der Waals surface area contributed by atoms with Gasteiger partial charge in [-0.3, -0.25) is 9.48 Å². The number of nitrogens with one attached hydrogen (secondary N) is 1. The minimum atomic E-state index is -1.000. The Morgan fingerprint density at radius 3 is 2.72 bits per heavy atom. The zero-order valence-corrected chi connectivity index (χ0v) is 17.8. The van der Waals surface area contributed by atoms with Crippen molar-refractivity contribution in [2.45, 2.75) is 25.0 Å². The van der Waals surface area contributed by atoms with Crippen molar-refractivity contribution >= 4 is 23.3 Å². The molecule has 0 bridgehead atoms. The number of hydrogen-bond donors (Lipinski definition) is 2. The third kappa shape index (κ3) is 3.75. The molecule has 1 saturated heterocycles. The van der Waals surface area contributed by atoms with E-state index in [0.29, 0.717) is 11.6 Å². The standard InChI is InChI=1S/C21H24N6O5/c1-25-19(15(9-22-25)32-17-11-26(21(29)30)10-16(17)31-2)13-5-6-27-14(7-13)8-18(24-27)23-20(28)12-3-4-12/h5-9,12,16-17H,3-4,10-11H2,1-2H3,(H,29,30)(H,23,24,28)/t16-,17+/m1/s1. The Balaban J connectivity index is 1.40. The molecule has 5 rings (SSSR count). The fourth-order valence-corrected chi connectivity index (χ4v) is 4.01. The minimum Gasteiger partial charge on any atom is -0.482 e. The maximum absolute atomic E-state index is 12.0. The van der Waals surface area contributed by atoms with Crippen molar-refractivity contribution in [1.29, 1.82) is 0 Å². The molecule has 0 spiro atoms. The normalized spacial score (nSPS) is 20.6. The van der Waals surface area contributed by atoms with E-state index >= 15 is 0 Å². The first kappa shape index (κ1) is 20.3. The van der Waals surface area contributed by atoms with Crippen molar-refractivity contribution in [1.82, 2.24) is 24.3 Å². The van der Waals surface area contributed by atoms with E-state index in [9.17, 15) is 14.7 Å². The molecule has 0 radical (unpaired) electrons. The van der Waals surface area contributed by atoms with Crippen molar-refractivity contribution in [3.8, 4) is 17.0 Å². The molecule has 11 nitrogen and oxygen atoms in total. The van der Waals surface area contributed by atoms with Crippen LogP contribution in [0.3, 0.4) is 0 Å². The number of likely N-dealkylation sites (tertiary alicyclic amines) is 1. The number of pyridine rings is 1. The predicted octanol–water partition coefficient (Wildman–Crippen LogP) is 1.84. The Kier molecular flexibility index (Phi) is 4.97. The van der Waals surface area contributed by atoms with E-state index in [4.69, 9.17) is 9.47 Å². The molecule has 4 heterocycles. The number of fused-ring (bicyclic) bond motifs is 1. The summed E-state index contributed by atoms with van der Waals surface area (Å²) in [4.78, 5) is 24.7. The van der Waals surface area contributed by atoms with Gasteiger partial charge >= 0.3 is 6.09 Å². The molecule has 1 aliphatic heterocycles. The second-order valence-electron chi connectivity index (χ2n) is 8.18. The molecule has 32 heavy (non-hydrogen) atoms. The van der Waals surface area contributed by atoms with Gasteiger partial charge in [0.1, 0.15) is 17.9 Å². The SMILES string of the molecule is CO[C@@H]1CN(C(=O)O)C[C@@H]1Oc1cnn(C)c1-c1ccn2nc(NC(=O)C3CC3)cc2c1. The van der Waals surface area contributed by atoms with Crippen LogP contribution in [0.5, 0.6) is 5.75 Å². The molecule has 2 atom stereocenters. The summed E-state index contributed by atoms with van der Waals surface area (Å²) in [6, 6.07) is 5.65. The van der Waals surface area contributed by atoms with Crippen LogP contribution in [0, 0.1) is 5.92 Å². The molecule has 1 saturated carbocycles. The predicted molar refractivity (Wildman–Crippen MR) is 114 cm³/mol. The molecule has 0 aromatic carbocycles. The van der Waals surface area contributed by atoms with E-state index in [1.807, 2.05) is 31.4 Å². The third-order valence-electron chi connectivity index (χ3n) is 5.91. The number of carboxylic acid groups (broad SMARTS) is 1. The summed E-state index contributed by atoms with van der Waals surface area (Å²) in [7, 11) is 3.36. The lowest BCUT2D eigenvalue weighted by Gasteiger charge is -2.18. The van der Waals surface area contributed by atoms with Gasteiger partial charge in [0.2, 0.25) is 5.91 Å². The molecule has 168 valence electrons. The molecular weight excluding hydrogens is 416 g/mol. The molecule has 2 N–H and O–H groups in total. The average Bonchev–Trinajstić information content (AvgIpc) is 3.27. The second-order valence-corrected chi connectivity index (χ2v) is 8.18. The van der Waals surface area contributed by atoms with Gasteiger partial charge < -0.3 is 24.8 Å². The maximum atomic E-state index is 12.0. The quantitative estimate of drug-likeness (QED) is 0.599. The summed E-state index contributed by atoms with van der Waals surface area (Å²) >= 11 is 0. The number of nitrogens with zero attached hydrogens (tertiary/aromatic N) is 5. The largest absolute Gasteiger partial charge is 0.482 e. The molecule has 2 amide bonds. The van der Waals surface area contributed by atoms with Crippen molar-refractivity contribution in [3.63, 3.8) is 0 Å². The molecule has 0 unspecified atom stereocenters. The lowest BCUT2D eigenvalue weighted by molar-refractivity contribution is -0.117. The van der Waals surface area contributed by atoms with Crippen LogP contribution in [-0.4, -0.2) is 73.8 Å². The highest BCUT2D eigenvalue weighted by Gasteiger charge is 2.38. The van der Waals surface area contributed by atoms with E-state index in [-0.39, 0.29) is 31.0 Å². The highest BCUT2D eigenvalue weighted by molar-refractivity contribution is 5.93. The smallest absolute Gasteiger partial charge is 0.407 e. The maximum Gasteiger partial charge on any atom is 0.407 e. The van der Waals surface area contributed by atoms with Crippen LogP contribution in [0.15, 0.2) is 30.6 Å². The zero-order chi connectivity index (χ0) is 22.4. The highest BCUT2D eigenvalue weighted by Crippen LogP contribution is 2.33. The topological polar surface area (TPSA) is 123 Å². The third-order valence-corrected chi connectivity index (χ3v) is 5.91. The molecule has 3 aromatic heterocycles. The summed E-state index contributed by atoms with van der Waals surface area (Å²) < 4.78 is 15.0. The number of rotatable bonds is 6. The van der Waals surface area contributed by atoms with Crippen molar-refractivity contribution in [2.75, 3.05) is 25.5 Å². The summed E-state index contributed by atoms with van der Waals surface area (Å²) in [5, 5.41) is 20.9. The van der Waals surface area contributed by atoms with Crippen LogP contribution >= 0.6 is 0 Å². The van der Waals surface area contributed by atoms with Crippen molar-refractivity contribution < 1.29 is 24.2 Å². The Hall–Kier alpha value is -3.60. The van der Waals surface area contributed by atoms with Crippen molar-refractivity contribution in [2.24, 2.45) is 13.0 Å². The first-order chi connectivity index (χ1) is 15.4. The number of ether oxygens (including phenoxy) is 2. The van der Waals surface area contributed by atoms with E-state index in [1.165, 1.54) is 4.90 Å². The van der Waals surface area contributed by atoms with Crippen LogP contribution in [0.2, 0.25) is 0 Å². The zero-order valence-electron chi connectivity index (χ0n) is 17.8. The summed E-state index contributed by atoms with van der Waals surface area (Å²) in [6.45, 7) is 0.469. The van der Waals surface area contributed by atoms with Gasteiger partial charge in [-0.05, 0) is 25.0 Å². The van der Waals surface area contributed by atoms with Gasteiger partial charge in [-0.25, -0.2) is 9.31 Å². The lowest BCUT2D eigenvalue weighted by Crippen LogP contribution is -2.31. The van der Waals surface area contributed by atoms with Gasteiger partial charge in [-0.2, -0.15) is 10.2 Å². The van der Waals surface area contributed by atoms with Gasteiger partial charge in [0.15, 0.2) is 11.6 Å². The number of aromatic nitrogens is 4. The van der Waals surface area contributed by atoms with Crippen molar-refractivity contribution in [3.05, 3.63) is 30.6 Å². The molecule has 2 fully saturated rings. The fraction of sp³-hybridized carbons (Fsp3) is 0.429. The fourth-order valence-electron chi connectivity index (χ4n) is 4.01. The van der Waals surface area contributed by atoms with Gasteiger partial charge in [-0.1, -0.05) is 0 Å².